The minimum absolute atomic E-state index is 0.814. The zero-order valence-corrected chi connectivity index (χ0v) is 18.3. The molecule has 0 aromatic carbocycles. The third-order valence-corrected chi connectivity index (χ3v) is 7.90. The smallest absolute Gasteiger partial charge is 0.218 e. The Balaban J connectivity index is 1.19. The van der Waals surface area contributed by atoms with Gasteiger partial charge in [0, 0.05) is 50.7 Å². The van der Waals surface area contributed by atoms with Crippen LogP contribution in [0.4, 0.5) is 5.13 Å². The van der Waals surface area contributed by atoms with Crippen LogP contribution in [0.5, 0.6) is 0 Å². The Morgan fingerprint density at radius 1 is 0.828 bits per heavy atom. The van der Waals surface area contributed by atoms with E-state index in [-0.39, 0.29) is 0 Å². The van der Waals surface area contributed by atoms with Crippen molar-refractivity contribution in [2.24, 2.45) is 0 Å². The van der Waals surface area contributed by atoms with E-state index in [9.17, 15) is 0 Å². The second-order valence-electron chi connectivity index (χ2n) is 8.89. The minimum Gasteiger partial charge on any atom is -0.347 e. The van der Waals surface area contributed by atoms with Crippen molar-refractivity contribution in [2.45, 2.75) is 64.0 Å². The van der Waals surface area contributed by atoms with Crippen LogP contribution in [-0.2, 0) is 6.54 Å². The van der Waals surface area contributed by atoms with Crippen molar-refractivity contribution < 1.29 is 0 Å². The van der Waals surface area contributed by atoms with Gasteiger partial charge in [-0.25, -0.2) is 0 Å². The third kappa shape index (κ3) is 4.52. The molecule has 2 aromatic heterocycles. The fourth-order valence-corrected chi connectivity index (χ4v) is 6.12. The minimum atomic E-state index is 0.814. The predicted molar refractivity (Wildman–Crippen MR) is 119 cm³/mol. The molecular weight excluding hydrogens is 380 g/mol. The van der Waals surface area contributed by atoms with Crippen molar-refractivity contribution in [3.05, 3.63) is 24.0 Å². The summed E-state index contributed by atoms with van der Waals surface area (Å²) in [6.45, 7) is 8.33. The number of hydrogen-bond acceptors (Lipinski definition) is 6. The molecule has 3 saturated heterocycles. The van der Waals surface area contributed by atoms with Crippen LogP contribution >= 0.6 is 11.3 Å². The fourth-order valence-electron chi connectivity index (χ4n) is 5.21. The number of anilines is 1. The van der Waals surface area contributed by atoms with Crippen LogP contribution in [0.25, 0.3) is 5.13 Å². The van der Waals surface area contributed by atoms with E-state index >= 15 is 0 Å². The van der Waals surface area contributed by atoms with Crippen LogP contribution in [0.2, 0.25) is 0 Å². The zero-order chi connectivity index (χ0) is 19.5. The van der Waals surface area contributed by atoms with Crippen molar-refractivity contribution in [3.63, 3.8) is 0 Å². The molecule has 0 spiro atoms. The number of piperidine rings is 3. The quantitative estimate of drug-likeness (QED) is 0.745. The van der Waals surface area contributed by atoms with Gasteiger partial charge < -0.3 is 9.80 Å². The summed E-state index contributed by atoms with van der Waals surface area (Å²) >= 11 is 1.73. The lowest BCUT2D eigenvalue weighted by molar-refractivity contribution is 0.0889. The first kappa shape index (κ1) is 19.5. The molecule has 0 amide bonds. The van der Waals surface area contributed by atoms with Gasteiger partial charge in [-0.3, -0.25) is 9.47 Å². The van der Waals surface area contributed by atoms with Crippen molar-refractivity contribution in [2.75, 3.05) is 44.2 Å². The number of likely N-dealkylation sites (tertiary alicyclic amines) is 2. The van der Waals surface area contributed by atoms with Crippen molar-refractivity contribution in [1.29, 1.82) is 0 Å². The van der Waals surface area contributed by atoms with Gasteiger partial charge in [-0.05, 0) is 70.2 Å². The molecule has 2 aromatic rings. The van der Waals surface area contributed by atoms with Crippen molar-refractivity contribution in [1.82, 2.24) is 24.6 Å². The summed E-state index contributed by atoms with van der Waals surface area (Å²) in [5.74, 6) is 0. The Bertz CT molecular complexity index is 766. The number of aromatic nitrogens is 3. The molecule has 0 saturated carbocycles. The molecule has 29 heavy (non-hydrogen) atoms. The summed E-state index contributed by atoms with van der Waals surface area (Å²) < 4.78 is 2.25. The summed E-state index contributed by atoms with van der Waals surface area (Å²) in [7, 11) is 0. The van der Waals surface area contributed by atoms with E-state index in [2.05, 4.69) is 47.8 Å². The van der Waals surface area contributed by atoms with Gasteiger partial charge in [0.1, 0.15) is 0 Å². The second-order valence-corrected chi connectivity index (χ2v) is 9.82. The van der Waals surface area contributed by atoms with Gasteiger partial charge in [0.25, 0.3) is 0 Å². The first-order valence-corrected chi connectivity index (χ1v) is 12.4. The van der Waals surface area contributed by atoms with Crippen LogP contribution in [0.15, 0.2) is 18.3 Å². The Morgan fingerprint density at radius 2 is 1.52 bits per heavy atom. The van der Waals surface area contributed by atoms with Crippen LogP contribution in [-0.4, -0.2) is 69.9 Å². The highest BCUT2D eigenvalue weighted by Crippen LogP contribution is 2.28. The lowest BCUT2D eigenvalue weighted by atomic mass is 10.00. The second kappa shape index (κ2) is 9.14. The standard InChI is InChI=1S/C22H34N6S/c1-3-11-26(12-4-1)19-9-16-25(17-10-19)18-20-8-7-15-28(20)22-24-23-21(29-22)27-13-5-2-6-14-27/h7-8,15,19H,1-6,9-14,16-18H2. The first-order valence-electron chi connectivity index (χ1n) is 11.6. The van der Waals surface area contributed by atoms with Gasteiger partial charge in [0.15, 0.2) is 0 Å². The Hall–Kier alpha value is -1.44. The molecule has 0 N–H and O–H groups in total. The van der Waals surface area contributed by atoms with Crippen LogP contribution in [0.1, 0.15) is 57.1 Å². The maximum absolute atomic E-state index is 4.53. The molecule has 3 fully saturated rings. The predicted octanol–water partition coefficient (Wildman–Crippen LogP) is 3.77. The fraction of sp³-hybridized carbons (Fsp3) is 0.727. The summed E-state index contributed by atoms with van der Waals surface area (Å²) in [6, 6.07) is 5.21. The highest BCUT2D eigenvalue weighted by molar-refractivity contribution is 7.17. The number of nitrogens with zero attached hydrogens (tertiary/aromatic N) is 6. The molecule has 5 rings (SSSR count). The Morgan fingerprint density at radius 3 is 2.28 bits per heavy atom. The van der Waals surface area contributed by atoms with Gasteiger partial charge in [0.05, 0.1) is 0 Å². The molecule has 0 bridgehead atoms. The zero-order valence-electron chi connectivity index (χ0n) is 17.5. The van der Waals surface area contributed by atoms with E-state index in [1.165, 1.54) is 83.2 Å². The molecule has 0 radical (unpaired) electrons. The van der Waals surface area contributed by atoms with E-state index in [0.717, 1.165) is 35.9 Å². The van der Waals surface area contributed by atoms with Gasteiger partial charge >= 0.3 is 0 Å². The largest absolute Gasteiger partial charge is 0.347 e. The lowest BCUT2D eigenvalue weighted by Gasteiger charge is -2.40. The van der Waals surface area contributed by atoms with Crippen molar-refractivity contribution >= 4 is 16.5 Å². The van der Waals surface area contributed by atoms with Gasteiger partial charge in [-0.15, -0.1) is 10.2 Å². The SMILES string of the molecule is c1cc(CN2CCC(N3CCCCC3)CC2)n(-c2nnc(N3CCCCC3)s2)c1. The molecule has 158 valence electrons. The van der Waals surface area contributed by atoms with Crippen molar-refractivity contribution in [3.8, 4) is 5.13 Å². The van der Waals surface area contributed by atoms with Gasteiger partial charge in [0.2, 0.25) is 10.3 Å². The van der Waals surface area contributed by atoms with Gasteiger partial charge in [-0.1, -0.05) is 17.8 Å². The first-order chi connectivity index (χ1) is 14.4. The molecule has 0 aliphatic carbocycles. The van der Waals surface area contributed by atoms with E-state index in [4.69, 9.17) is 0 Å². The molecule has 0 unspecified atom stereocenters. The normalized spacial score (nSPS) is 23.0. The summed E-state index contributed by atoms with van der Waals surface area (Å²) in [5.41, 5.74) is 1.34. The average Bonchev–Trinajstić information content (AvgIpc) is 3.45. The average molecular weight is 415 g/mol. The summed E-state index contributed by atoms with van der Waals surface area (Å²) in [5, 5.41) is 11.1. The third-order valence-electron chi connectivity index (χ3n) is 6.92. The molecule has 3 aliphatic rings. The summed E-state index contributed by atoms with van der Waals surface area (Å²) in [4.78, 5) is 7.78. The lowest BCUT2D eigenvalue weighted by Crippen LogP contribution is -2.46. The van der Waals surface area contributed by atoms with Gasteiger partial charge in [-0.2, -0.15) is 0 Å². The van der Waals surface area contributed by atoms with E-state index in [0.29, 0.717) is 0 Å². The Labute approximate surface area is 178 Å². The summed E-state index contributed by atoms with van der Waals surface area (Å²) in [6.07, 6.45) is 12.9. The number of hydrogen-bond donors (Lipinski definition) is 0. The highest BCUT2D eigenvalue weighted by Gasteiger charge is 2.26. The molecule has 3 aliphatic heterocycles. The maximum Gasteiger partial charge on any atom is 0.218 e. The Kier molecular flexibility index (Phi) is 6.16. The van der Waals surface area contributed by atoms with Crippen LogP contribution in [0, 0.1) is 0 Å². The molecule has 6 nitrogen and oxygen atoms in total. The van der Waals surface area contributed by atoms with Crippen LogP contribution in [0.3, 0.4) is 0 Å². The number of rotatable bonds is 5. The highest BCUT2D eigenvalue weighted by atomic mass is 32.1. The van der Waals surface area contributed by atoms with E-state index < -0.39 is 0 Å². The molecule has 0 atom stereocenters. The maximum atomic E-state index is 4.53. The van der Waals surface area contributed by atoms with E-state index in [1.54, 1.807) is 11.3 Å². The molecule has 7 heteroatoms. The topological polar surface area (TPSA) is 40.4 Å². The molecular formula is C22H34N6S. The molecule has 5 heterocycles. The van der Waals surface area contributed by atoms with Crippen LogP contribution < -0.4 is 4.90 Å². The monoisotopic (exact) mass is 414 g/mol. The van der Waals surface area contributed by atoms with E-state index in [1.807, 2.05) is 0 Å².